The molecule has 2 saturated carbocycles. The molecule has 2 aliphatic carbocycles. The predicted octanol–water partition coefficient (Wildman–Crippen LogP) is 3.34. The zero-order chi connectivity index (χ0) is 20.9. The average Bonchev–Trinajstić information content (AvgIpc) is 3.10. The van der Waals surface area contributed by atoms with Gasteiger partial charge >= 0.3 is 0 Å². The van der Waals surface area contributed by atoms with Gasteiger partial charge in [0.1, 0.15) is 6.54 Å². The molecule has 7 heteroatoms. The van der Waals surface area contributed by atoms with Gasteiger partial charge in [-0.15, -0.1) is 0 Å². The van der Waals surface area contributed by atoms with Gasteiger partial charge in [-0.25, -0.2) is 5.43 Å². The third kappa shape index (κ3) is 3.53. The third-order valence-electron chi connectivity index (χ3n) is 7.03. The van der Waals surface area contributed by atoms with E-state index in [0.717, 1.165) is 18.6 Å². The van der Waals surface area contributed by atoms with Crippen LogP contribution in [0.15, 0.2) is 16.2 Å². The van der Waals surface area contributed by atoms with Crippen molar-refractivity contribution in [1.29, 1.82) is 0 Å². The number of allylic oxidation sites excluding steroid dienone is 1. The van der Waals surface area contributed by atoms with Crippen molar-refractivity contribution in [3.63, 3.8) is 0 Å². The fourth-order valence-corrected chi connectivity index (χ4v) is 5.37. The second kappa shape index (κ2) is 7.01. The molecule has 0 radical (unpaired) electrons. The predicted molar refractivity (Wildman–Crippen MR) is 112 cm³/mol. The number of hydrogen-bond donors (Lipinski definition) is 1. The topological polar surface area (TPSA) is 78.8 Å². The van der Waals surface area contributed by atoms with Crippen LogP contribution in [0.1, 0.15) is 60.8 Å². The second-order valence-corrected chi connectivity index (χ2v) is 10.9. The van der Waals surface area contributed by atoms with Crippen molar-refractivity contribution in [2.45, 2.75) is 60.8 Å². The van der Waals surface area contributed by atoms with E-state index in [9.17, 15) is 14.4 Å². The van der Waals surface area contributed by atoms with E-state index in [1.807, 2.05) is 20.8 Å². The number of nitrogens with zero attached hydrogens (tertiary/aromatic N) is 2. The molecule has 0 aromatic carbocycles. The fourth-order valence-electron chi connectivity index (χ4n) is 4.44. The van der Waals surface area contributed by atoms with Crippen LogP contribution in [0.5, 0.6) is 0 Å². The zero-order valence-electron chi connectivity index (χ0n) is 17.7. The molecule has 0 aromatic heterocycles. The minimum atomic E-state index is -0.525. The number of fused-ring (bicyclic) bond motifs is 2. The lowest BCUT2D eigenvalue weighted by Gasteiger charge is -2.34. The lowest BCUT2D eigenvalue weighted by molar-refractivity contribution is -0.131. The van der Waals surface area contributed by atoms with Crippen LogP contribution >= 0.6 is 11.8 Å². The Morgan fingerprint density at radius 2 is 2.00 bits per heavy atom. The number of hydrazone groups is 1. The van der Waals surface area contributed by atoms with Gasteiger partial charge in [0.05, 0.1) is 10.8 Å². The van der Waals surface area contributed by atoms with E-state index in [1.165, 1.54) is 29.2 Å². The Kier molecular flexibility index (Phi) is 5.28. The molecule has 3 aliphatic rings. The maximum atomic E-state index is 12.5. The van der Waals surface area contributed by atoms with E-state index in [4.69, 9.17) is 0 Å². The van der Waals surface area contributed by atoms with Gasteiger partial charge in [-0.2, -0.15) is 5.10 Å². The molecular weight excluding hydrogens is 374 g/mol. The van der Waals surface area contributed by atoms with Crippen LogP contribution in [0.25, 0.3) is 0 Å². The molecule has 1 aliphatic heterocycles. The first-order valence-corrected chi connectivity index (χ1v) is 10.9. The first-order chi connectivity index (χ1) is 12.9. The van der Waals surface area contributed by atoms with Gasteiger partial charge in [0.15, 0.2) is 5.78 Å². The number of thioether (sulfide) groups is 1. The van der Waals surface area contributed by atoms with E-state index in [1.54, 1.807) is 0 Å². The molecule has 0 unspecified atom stereocenters. The summed E-state index contributed by atoms with van der Waals surface area (Å²) in [6.07, 6.45) is 4.72. The van der Waals surface area contributed by atoms with E-state index in [0.29, 0.717) is 10.9 Å². The number of carbonyl (C=O) groups is 3. The Labute approximate surface area is 171 Å². The van der Waals surface area contributed by atoms with Crippen molar-refractivity contribution in [1.82, 2.24) is 10.3 Å². The fraction of sp³-hybridized carbons (Fsp3) is 0.714. The van der Waals surface area contributed by atoms with Gasteiger partial charge < -0.3 is 0 Å². The quantitative estimate of drug-likeness (QED) is 0.575. The summed E-state index contributed by atoms with van der Waals surface area (Å²) in [6.45, 7) is 12.2. The zero-order valence-corrected chi connectivity index (χ0v) is 18.5. The van der Waals surface area contributed by atoms with Crippen LogP contribution in [0.3, 0.4) is 0 Å². The highest BCUT2D eigenvalue weighted by atomic mass is 32.2. The SMILES string of the molecule is CC(C)(C)C(=O)/C=C1\SCC(=O)N1CC(=O)N/N=C1\C[C@H]2CC[C@@]1(C)C2(C)C. The number of ketones is 1. The molecule has 6 nitrogen and oxygen atoms in total. The number of carbonyl (C=O) groups excluding carboxylic acids is 3. The summed E-state index contributed by atoms with van der Waals surface area (Å²) in [4.78, 5) is 38.3. The molecule has 28 heavy (non-hydrogen) atoms. The molecule has 0 aromatic rings. The molecule has 2 bridgehead atoms. The Morgan fingerprint density at radius 3 is 2.54 bits per heavy atom. The number of nitrogens with one attached hydrogen (secondary N) is 1. The molecule has 0 spiro atoms. The lowest BCUT2D eigenvalue weighted by Crippen LogP contribution is -2.38. The standard InChI is InChI=1S/C21H31N3O3S/c1-19(2,3)15(25)10-18-24(17(27)12-28-18)11-16(26)23-22-14-9-13-7-8-21(14,6)20(13,4)5/h10,13H,7-9,11-12H2,1-6H3,(H,23,26)/b18-10-,22-14+/t13-,21-/m1/s1. The van der Waals surface area contributed by atoms with Crippen LogP contribution in [0, 0.1) is 22.2 Å². The monoisotopic (exact) mass is 405 g/mol. The Morgan fingerprint density at radius 1 is 1.32 bits per heavy atom. The van der Waals surface area contributed by atoms with Crippen molar-refractivity contribution >= 4 is 35.1 Å². The highest BCUT2D eigenvalue weighted by Gasteiger charge is 2.60. The summed E-state index contributed by atoms with van der Waals surface area (Å²) in [5.74, 6) is 0.310. The van der Waals surface area contributed by atoms with E-state index >= 15 is 0 Å². The van der Waals surface area contributed by atoms with Crippen molar-refractivity contribution < 1.29 is 14.4 Å². The highest BCUT2D eigenvalue weighted by Crippen LogP contribution is 2.63. The molecule has 2 amide bonds. The Bertz CT molecular complexity index is 778. The van der Waals surface area contributed by atoms with Crippen molar-refractivity contribution in [3.8, 4) is 0 Å². The third-order valence-corrected chi connectivity index (χ3v) is 8.06. The second-order valence-electron chi connectivity index (χ2n) is 9.95. The van der Waals surface area contributed by atoms with E-state index in [2.05, 4.69) is 31.3 Å². The first-order valence-electron chi connectivity index (χ1n) is 9.91. The Hall–Kier alpha value is -1.63. The normalized spacial score (nSPS) is 31.9. The summed E-state index contributed by atoms with van der Waals surface area (Å²) in [5.41, 5.74) is 3.41. The number of amides is 2. The molecule has 3 fully saturated rings. The smallest absolute Gasteiger partial charge is 0.260 e. The van der Waals surface area contributed by atoms with Gasteiger partial charge in [-0.05, 0) is 30.6 Å². The summed E-state index contributed by atoms with van der Waals surface area (Å²) in [7, 11) is 0. The van der Waals surface area contributed by atoms with E-state index in [-0.39, 0.29) is 40.7 Å². The van der Waals surface area contributed by atoms with Gasteiger partial charge in [0, 0.05) is 22.6 Å². The highest BCUT2D eigenvalue weighted by molar-refractivity contribution is 8.04. The maximum absolute atomic E-state index is 12.5. The summed E-state index contributed by atoms with van der Waals surface area (Å²) < 4.78 is 0. The average molecular weight is 406 g/mol. The van der Waals surface area contributed by atoms with Gasteiger partial charge in [-0.1, -0.05) is 53.3 Å². The minimum absolute atomic E-state index is 0.0223. The van der Waals surface area contributed by atoms with Gasteiger partial charge in [0.25, 0.3) is 5.91 Å². The largest absolute Gasteiger partial charge is 0.296 e. The summed E-state index contributed by atoms with van der Waals surface area (Å²) in [6, 6.07) is 0. The van der Waals surface area contributed by atoms with Crippen molar-refractivity contribution in [2.75, 3.05) is 12.3 Å². The number of rotatable bonds is 4. The lowest BCUT2D eigenvalue weighted by atomic mass is 9.70. The molecule has 2 atom stereocenters. The van der Waals surface area contributed by atoms with Gasteiger partial charge in [0.2, 0.25) is 5.91 Å². The molecule has 154 valence electrons. The van der Waals surface area contributed by atoms with Crippen LogP contribution in [0.2, 0.25) is 0 Å². The molecule has 3 rings (SSSR count). The van der Waals surface area contributed by atoms with Crippen molar-refractivity contribution in [2.24, 2.45) is 27.3 Å². The van der Waals surface area contributed by atoms with Crippen LogP contribution in [-0.2, 0) is 14.4 Å². The Balaban J connectivity index is 1.67. The summed E-state index contributed by atoms with van der Waals surface area (Å²) in [5, 5.41) is 4.99. The number of hydrogen-bond acceptors (Lipinski definition) is 5. The van der Waals surface area contributed by atoms with Gasteiger partial charge in [-0.3, -0.25) is 19.3 Å². The maximum Gasteiger partial charge on any atom is 0.260 e. The van der Waals surface area contributed by atoms with Crippen molar-refractivity contribution in [3.05, 3.63) is 11.1 Å². The van der Waals surface area contributed by atoms with Crippen LogP contribution in [0.4, 0.5) is 0 Å². The molecular formula is C21H31N3O3S. The summed E-state index contributed by atoms with van der Waals surface area (Å²) >= 11 is 1.30. The molecule has 1 N–H and O–H groups in total. The molecule has 1 heterocycles. The van der Waals surface area contributed by atoms with E-state index < -0.39 is 5.41 Å². The minimum Gasteiger partial charge on any atom is -0.296 e. The van der Waals surface area contributed by atoms with Crippen LogP contribution in [-0.4, -0.2) is 40.5 Å². The molecule has 1 saturated heterocycles. The van der Waals surface area contributed by atoms with Crippen LogP contribution < -0.4 is 5.43 Å². The first kappa shape index (κ1) is 21.1.